The molecule has 0 N–H and O–H groups in total. The molecule has 3 fully saturated rings. The van der Waals surface area contributed by atoms with Crippen LogP contribution in [-0.4, -0.2) is 27.2 Å². The van der Waals surface area contributed by atoms with Gasteiger partial charge in [0, 0.05) is 0 Å². The lowest BCUT2D eigenvalue weighted by molar-refractivity contribution is -0.0607. The van der Waals surface area contributed by atoms with Crippen molar-refractivity contribution in [1.29, 1.82) is 0 Å². The fourth-order valence-electron chi connectivity index (χ4n) is 7.42. The van der Waals surface area contributed by atoms with Gasteiger partial charge in [-0.1, -0.05) is 17.7 Å². The monoisotopic (exact) mass is 389 g/mol. The molecule has 0 aromatic heterocycles. The number of hydrogen-bond acceptors (Lipinski definition) is 3. The van der Waals surface area contributed by atoms with Crippen molar-refractivity contribution >= 4 is 14.0 Å². The zero-order valence-electron chi connectivity index (χ0n) is 18.1. The van der Waals surface area contributed by atoms with Crippen molar-refractivity contribution in [3.63, 3.8) is 0 Å². The first kappa shape index (κ1) is 19.7. The zero-order chi connectivity index (χ0) is 19.2. The second-order valence-electron chi connectivity index (χ2n) is 10.5. The van der Waals surface area contributed by atoms with Crippen LogP contribution in [0.25, 0.3) is 0 Å². The summed E-state index contributed by atoms with van der Waals surface area (Å²) < 4.78 is 6.79. The van der Waals surface area contributed by atoms with Gasteiger partial charge in [-0.25, -0.2) is 0 Å². The Morgan fingerprint density at radius 3 is 2.59 bits per heavy atom. The van der Waals surface area contributed by atoms with Gasteiger partial charge in [-0.2, -0.15) is 0 Å². The second-order valence-corrected chi connectivity index (χ2v) is 15.0. The first-order valence-corrected chi connectivity index (χ1v) is 14.8. The molecule has 27 heavy (non-hydrogen) atoms. The minimum atomic E-state index is -1.48. The first-order chi connectivity index (χ1) is 12.9. The van der Waals surface area contributed by atoms with E-state index in [-0.39, 0.29) is 0 Å². The molecular formula is C23H39NO2Si. The van der Waals surface area contributed by atoms with Crippen LogP contribution in [0.4, 0.5) is 0 Å². The molecule has 0 aromatic rings. The predicted molar refractivity (Wildman–Crippen MR) is 114 cm³/mol. The maximum atomic E-state index is 6.79. The number of fused-ring (bicyclic) bond motifs is 5. The molecular weight excluding hydrogens is 350 g/mol. The molecule has 0 spiro atoms. The zero-order valence-corrected chi connectivity index (χ0v) is 19.1. The van der Waals surface area contributed by atoms with Gasteiger partial charge in [0.15, 0.2) is 8.32 Å². The van der Waals surface area contributed by atoms with Crippen LogP contribution in [0.2, 0.25) is 19.6 Å². The van der Waals surface area contributed by atoms with E-state index in [9.17, 15) is 0 Å². The van der Waals surface area contributed by atoms with Crippen LogP contribution >= 0.6 is 0 Å². The van der Waals surface area contributed by atoms with Gasteiger partial charge in [-0.05, 0) is 113 Å². The summed E-state index contributed by atoms with van der Waals surface area (Å²) in [5.41, 5.74) is 3.31. The average molecular weight is 390 g/mol. The van der Waals surface area contributed by atoms with Crippen LogP contribution in [0.1, 0.15) is 64.7 Å². The van der Waals surface area contributed by atoms with Crippen LogP contribution in [-0.2, 0) is 9.26 Å². The summed E-state index contributed by atoms with van der Waals surface area (Å²) in [6.45, 7) is 9.55. The molecule has 0 amide bonds. The Bertz CT molecular complexity index is 622. The van der Waals surface area contributed by atoms with E-state index in [1.165, 1.54) is 51.4 Å². The number of oxime groups is 1. The molecule has 3 nitrogen and oxygen atoms in total. The maximum absolute atomic E-state index is 6.79. The van der Waals surface area contributed by atoms with Crippen LogP contribution in [0, 0.1) is 29.1 Å². The van der Waals surface area contributed by atoms with Gasteiger partial charge < -0.3 is 9.26 Å². The number of nitrogens with zero attached hydrogens (tertiary/aromatic N) is 1. The molecule has 4 rings (SSSR count). The van der Waals surface area contributed by atoms with Crippen molar-refractivity contribution in [2.24, 2.45) is 34.2 Å². The predicted octanol–water partition coefficient (Wildman–Crippen LogP) is 6.17. The van der Waals surface area contributed by atoms with Crippen molar-refractivity contribution in [3.8, 4) is 0 Å². The molecule has 152 valence electrons. The number of rotatable bonds is 4. The van der Waals surface area contributed by atoms with E-state index in [0.29, 0.717) is 11.5 Å². The lowest BCUT2D eigenvalue weighted by atomic mass is 9.51. The van der Waals surface area contributed by atoms with E-state index in [1.807, 2.05) is 0 Å². The van der Waals surface area contributed by atoms with Crippen LogP contribution < -0.4 is 0 Å². The number of hydrogen-bond donors (Lipinski definition) is 0. The highest BCUT2D eigenvalue weighted by Crippen LogP contribution is 2.63. The van der Waals surface area contributed by atoms with Crippen molar-refractivity contribution in [2.45, 2.75) is 90.5 Å². The minimum absolute atomic E-state index is 0.472. The smallest absolute Gasteiger partial charge is 0.184 e. The SMILES string of the molecule is CCC12CCC3C4CC/C(=N\OC)C=C4CCC3C1CCC2O[Si](C)(C)C. The third-order valence-electron chi connectivity index (χ3n) is 8.31. The van der Waals surface area contributed by atoms with Crippen LogP contribution in [0.5, 0.6) is 0 Å². The molecule has 4 aliphatic carbocycles. The Labute approximate surface area is 167 Å². The summed E-state index contributed by atoms with van der Waals surface area (Å²) in [5.74, 6) is 3.55. The molecule has 4 aliphatic rings. The largest absolute Gasteiger partial charge is 0.414 e. The topological polar surface area (TPSA) is 30.8 Å². The van der Waals surface area contributed by atoms with Crippen molar-refractivity contribution < 1.29 is 9.26 Å². The van der Waals surface area contributed by atoms with Crippen molar-refractivity contribution in [1.82, 2.24) is 0 Å². The lowest BCUT2D eigenvalue weighted by Gasteiger charge is -2.55. The normalized spacial score (nSPS) is 42.9. The Balaban J connectivity index is 1.56. The van der Waals surface area contributed by atoms with E-state index in [1.54, 1.807) is 12.7 Å². The van der Waals surface area contributed by atoms with E-state index in [2.05, 4.69) is 37.8 Å². The van der Waals surface area contributed by atoms with Crippen molar-refractivity contribution in [3.05, 3.63) is 11.6 Å². The third-order valence-corrected chi connectivity index (χ3v) is 9.31. The summed E-state index contributed by atoms with van der Waals surface area (Å²) in [5, 5.41) is 4.23. The summed E-state index contributed by atoms with van der Waals surface area (Å²) >= 11 is 0. The lowest BCUT2D eigenvalue weighted by Crippen LogP contribution is -2.50. The molecule has 6 atom stereocenters. The quantitative estimate of drug-likeness (QED) is 0.425. The van der Waals surface area contributed by atoms with E-state index in [4.69, 9.17) is 9.26 Å². The van der Waals surface area contributed by atoms with Gasteiger partial charge in [-0.15, -0.1) is 0 Å². The molecule has 0 aromatic carbocycles. The van der Waals surface area contributed by atoms with Crippen molar-refractivity contribution in [2.75, 3.05) is 7.11 Å². The number of allylic oxidation sites excluding steroid dienone is 2. The summed E-state index contributed by atoms with van der Waals surface area (Å²) in [7, 11) is 0.182. The molecule has 3 saturated carbocycles. The minimum Gasteiger partial charge on any atom is -0.414 e. The van der Waals surface area contributed by atoms with Gasteiger partial charge in [0.2, 0.25) is 0 Å². The van der Waals surface area contributed by atoms with Gasteiger partial charge in [-0.3, -0.25) is 0 Å². The Kier molecular flexibility index (Phi) is 5.35. The Morgan fingerprint density at radius 2 is 1.89 bits per heavy atom. The Hall–Kier alpha value is -0.613. The molecule has 0 radical (unpaired) electrons. The Morgan fingerprint density at radius 1 is 1.07 bits per heavy atom. The van der Waals surface area contributed by atoms with Gasteiger partial charge >= 0.3 is 0 Å². The highest BCUT2D eigenvalue weighted by molar-refractivity contribution is 6.69. The molecule has 0 aliphatic heterocycles. The van der Waals surface area contributed by atoms with Gasteiger partial charge in [0.05, 0.1) is 11.8 Å². The molecule has 0 bridgehead atoms. The first-order valence-electron chi connectivity index (χ1n) is 11.4. The molecule has 0 saturated heterocycles. The standard InChI is InChI=1S/C23H39NO2Si/c1-6-23-14-13-19-18-10-8-17(24-25-2)15-16(18)7-9-20(19)21(23)11-12-22(23)26-27(3,4)5/h15,18-22H,6-14H2,1-5H3/b24-17+. The van der Waals surface area contributed by atoms with E-state index >= 15 is 0 Å². The van der Waals surface area contributed by atoms with Crippen LogP contribution in [0.3, 0.4) is 0 Å². The average Bonchev–Trinajstić information content (AvgIpc) is 2.99. The van der Waals surface area contributed by atoms with Gasteiger partial charge in [0.25, 0.3) is 0 Å². The van der Waals surface area contributed by atoms with Gasteiger partial charge in [0.1, 0.15) is 7.11 Å². The molecule has 0 heterocycles. The third kappa shape index (κ3) is 3.46. The van der Waals surface area contributed by atoms with Crippen LogP contribution in [0.15, 0.2) is 16.8 Å². The maximum Gasteiger partial charge on any atom is 0.184 e. The second kappa shape index (κ2) is 7.33. The highest BCUT2D eigenvalue weighted by atomic mass is 28.4. The summed E-state index contributed by atoms with van der Waals surface area (Å²) in [4.78, 5) is 5.04. The molecule has 6 unspecified atom stereocenters. The fraction of sp³-hybridized carbons (Fsp3) is 0.870. The summed E-state index contributed by atoms with van der Waals surface area (Å²) in [6, 6.07) is 0. The summed E-state index contributed by atoms with van der Waals surface area (Å²) in [6.07, 6.45) is 14.8. The van der Waals surface area contributed by atoms with E-state index < -0.39 is 8.32 Å². The highest BCUT2D eigenvalue weighted by Gasteiger charge is 2.58. The fourth-order valence-corrected chi connectivity index (χ4v) is 8.62. The van der Waals surface area contributed by atoms with E-state index in [0.717, 1.165) is 35.8 Å². The molecule has 4 heteroatoms.